The molecule has 0 bridgehead atoms. The zero-order valence-corrected chi connectivity index (χ0v) is 13.4. The number of rotatable bonds is 4. The Bertz CT molecular complexity index is 705. The number of nitrogens with one attached hydrogen (secondary N) is 1. The fourth-order valence-corrected chi connectivity index (χ4v) is 2.58. The summed E-state index contributed by atoms with van der Waals surface area (Å²) >= 11 is 0. The number of allylic oxidation sites excluding steroid dienone is 2. The molecule has 120 valence electrons. The molecule has 0 radical (unpaired) electrons. The Morgan fingerprint density at radius 3 is 2.74 bits per heavy atom. The van der Waals surface area contributed by atoms with Crippen molar-refractivity contribution >= 4 is 11.7 Å². The number of hydrogen-bond acceptors (Lipinski definition) is 4. The number of amides is 1. The predicted octanol–water partition coefficient (Wildman–Crippen LogP) is 3.08. The van der Waals surface area contributed by atoms with E-state index in [0.29, 0.717) is 11.8 Å². The summed E-state index contributed by atoms with van der Waals surface area (Å²) in [5, 5.41) is 7.54. The zero-order chi connectivity index (χ0) is 16.2. The predicted molar refractivity (Wildman–Crippen MR) is 88.4 cm³/mol. The highest BCUT2D eigenvalue weighted by Crippen LogP contribution is 2.23. The normalized spacial score (nSPS) is 17.4. The van der Waals surface area contributed by atoms with Gasteiger partial charge in [-0.25, -0.2) is 9.97 Å². The van der Waals surface area contributed by atoms with E-state index in [-0.39, 0.29) is 17.7 Å². The number of carbonyl (C=O) groups is 1. The number of carbonyl (C=O) groups excluding carboxylic acids is 1. The Balaban J connectivity index is 1.88. The second-order valence-electron chi connectivity index (χ2n) is 6.04. The summed E-state index contributed by atoms with van der Waals surface area (Å²) in [5.74, 6) is 1.38. The molecule has 23 heavy (non-hydrogen) atoms. The van der Waals surface area contributed by atoms with Gasteiger partial charge in [0.05, 0.1) is 5.69 Å². The van der Waals surface area contributed by atoms with Crippen molar-refractivity contribution in [2.24, 2.45) is 5.92 Å². The van der Waals surface area contributed by atoms with E-state index in [4.69, 9.17) is 0 Å². The van der Waals surface area contributed by atoms with Gasteiger partial charge in [0.2, 0.25) is 5.91 Å². The van der Waals surface area contributed by atoms with Crippen LogP contribution in [0.4, 0.5) is 5.82 Å². The molecule has 1 atom stereocenters. The monoisotopic (exact) mass is 311 g/mol. The van der Waals surface area contributed by atoms with Gasteiger partial charge >= 0.3 is 0 Å². The van der Waals surface area contributed by atoms with Crippen molar-refractivity contribution in [3.8, 4) is 5.95 Å². The molecule has 6 nitrogen and oxygen atoms in total. The van der Waals surface area contributed by atoms with Crippen LogP contribution < -0.4 is 5.32 Å². The van der Waals surface area contributed by atoms with E-state index in [2.05, 4.69) is 46.4 Å². The van der Waals surface area contributed by atoms with E-state index >= 15 is 0 Å². The highest BCUT2D eigenvalue weighted by atomic mass is 16.2. The van der Waals surface area contributed by atoms with E-state index in [9.17, 15) is 4.79 Å². The van der Waals surface area contributed by atoms with Gasteiger partial charge in [-0.1, -0.05) is 26.0 Å². The highest BCUT2D eigenvalue weighted by Gasteiger charge is 2.22. The lowest BCUT2D eigenvalue weighted by Crippen LogP contribution is -2.25. The maximum absolute atomic E-state index is 12.5. The van der Waals surface area contributed by atoms with Crippen LogP contribution in [0.3, 0.4) is 0 Å². The number of nitrogens with zero attached hydrogens (tertiary/aromatic N) is 4. The van der Waals surface area contributed by atoms with E-state index in [1.807, 2.05) is 6.07 Å². The van der Waals surface area contributed by atoms with Gasteiger partial charge in [-0.2, -0.15) is 9.78 Å². The standard InChI is InChI=1S/C17H21N5O/c1-12(2)14-11-15(20-16(23)13-7-4-3-5-8-13)22(21-14)17-18-9-6-10-19-17/h3-4,6,9-13H,5,7-8H2,1-2H3,(H,20,23). The molecule has 2 aromatic rings. The lowest BCUT2D eigenvalue weighted by atomic mass is 9.94. The minimum atomic E-state index is 0.0162. The van der Waals surface area contributed by atoms with Crippen LogP contribution in [-0.2, 0) is 4.79 Å². The first-order chi connectivity index (χ1) is 11.1. The van der Waals surface area contributed by atoms with Crippen molar-refractivity contribution in [1.82, 2.24) is 19.7 Å². The van der Waals surface area contributed by atoms with Crippen LogP contribution in [0.1, 0.15) is 44.7 Å². The molecular formula is C17H21N5O. The molecule has 3 rings (SSSR count). The summed E-state index contributed by atoms with van der Waals surface area (Å²) in [7, 11) is 0. The van der Waals surface area contributed by atoms with Crippen molar-refractivity contribution in [3.63, 3.8) is 0 Å². The molecule has 0 saturated carbocycles. The second kappa shape index (κ2) is 6.73. The summed E-state index contributed by atoms with van der Waals surface area (Å²) < 4.78 is 1.60. The maximum atomic E-state index is 12.5. The number of anilines is 1. The third-order valence-electron chi connectivity index (χ3n) is 3.95. The Labute approximate surface area is 135 Å². The van der Waals surface area contributed by atoms with E-state index in [1.54, 1.807) is 23.1 Å². The molecule has 1 N–H and O–H groups in total. The third kappa shape index (κ3) is 3.47. The fourth-order valence-electron chi connectivity index (χ4n) is 2.58. The van der Waals surface area contributed by atoms with Crippen LogP contribution >= 0.6 is 0 Å². The molecule has 6 heteroatoms. The van der Waals surface area contributed by atoms with Gasteiger partial charge in [0.15, 0.2) is 0 Å². The minimum Gasteiger partial charge on any atom is -0.310 e. The van der Waals surface area contributed by atoms with Gasteiger partial charge in [-0.05, 0) is 31.2 Å². The molecule has 0 aliphatic heterocycles. The average Bonchev–Trinajstić information content (AvgIpc) is 3.00. The Kier molecular flexibility index (Phi) is 4.50. The first kappa shape index (κ1) is 15.4. The molecular weight excluding hydrogens is 290 g/mol. The SMILES string of the molecule is CC(C)c1cc(NC(=O)C2CC=CCC2)n(-c2ncccn2)n1. The Morgan fingerprint density at radius 1 is 1.30 bits per heavy atom. The Hall–Kier alpha value is -2.50. The van der Waals surface area contributed by atoms with Gasteiger partial charge in [0.25, 0.3) is 5.95 Å². The van der Waals surface area contributed by atoms with E-state index < -0.39 is 0 Å². The molecule has 2 aromatic heterocycles. The number of aromatic nitrogens is 4. The molecule has 0 spiro atoms. The summed E-state index contributed by atoms with van der Waals surface area (Å²) in [6.45, 7) is 4.13. The second-order valence-corrected chi connectivity index (χ2v) is 6.04. The van der Waals surface area contributed by atoms with Gasteiger partial charge in [0.1, 0.15) is 5.82 Å². The topological polar surface area (TPSA) is 72.7 Å². The van der Waals surface area contributed by atoms with Crippen LogP contribution in [0, 0.1) is 5.92 Å². The smallest absolute Gasteiger partial charge is 0.252 e. The summed E-state index contributed by atoms with van der Waals surface area (Å²) in [5.41, 5.74) is 0.899. The molecule has 0 aromatic carbocycles. The summed E-state index contributed by atoms with van der Waals surface area (Å²) in [6, 6.07) is 3.65. The van der Waals surface area contributed by atoms with Crippen LogP contribution in [0.2, 0.25) is 0 Å². The third-order valence-corrected chi connectivity index (χ3v) is 3.95. The molecule has 0 saturated heterocycles. The molecule has 2 heterocycles. The maximum Gasteiger partial charge on any atom is 0.252 e. The molecule has 0 fully saturated rings. The van der Waals surface area contributed by atoms with Crippen molar-refractivity contribution in [2.75, 3.05) is 5.32 Å². The van der Waals surface area contributed by atoms with Crippen LogP contribution in [0.15, 0.2) is 36.7 Å². The molecule has 1 amide bonds. The molecule has 1 aliphatic carbocycles. The van der Waals surface area contributed by atoms with Crippen LogP contribution in [-0.4, -0.2) is 25.7 Å². The van der Waals surface area contributed by atoms with Gasteiger partial charge < -0.3 is 5.32 Å². The van der Waals surface area contributed by atoms with Crippen molar-refractivity contribution in [3.05, 3.63) is 42.4 Å². The van der Waals surface area contributed by atoms with Crippen LogP contribution in [0.25, 0.3) is 5.95 Å². The van der Waals surface area contributed by atoms with E-state index in [0.717, 1.165) is 25.0 Å². The lowest BCUT2D eigenvalue weighted by molar-refractivity contribution is -0.120. The average molecular weight is 311 g/mol. The van der Waals surface area contributed by atoms with Gasteiger partial charge in [0, 0.05) is 24.4 Å². The quantitative estimate of drug-likeness (QED) is 0.881. The summed E-state index contributed by atoms with van der Waals surface area (Å²) in [4.78, 5) is 21.0. The minimum absolute atomic E-state index is 0.0162. The Morgan fingerprint density at radius 2 is 2.09 bits per heavy atom. The largest absolute Gasteiger partial charge is 0.310 e. The van der Waals surface area contributed by atoms with Gasteiger partial charge in [-0.3, -0.25) is 4.79 Å². The van der Waals surface area contributed by atoms with Crippen molar-refractivity contribution in [2.45, 2.75) is 39.0 Å². The summed E-state index contributed by atoms with van der Waals surface area (Å²) in [6.07, 6.45) is 10.2. The number of hydrogen-bond donors (Lipinski definition) is 1. The molecule has 1 unspecified atom stereocenters. The van der Waals surface area contributed by atoms with Gasteiger partial charge in [-0.15, -0.1) is 0 Å². The highest BCUT2D eigenvalue weighted by molar-refractivity contribution is 5.92. The zero-order valence-electron chi connectivity index (χ0n) is 13.4. The lowest BCUT2D eigenvalue weighted by Gasteiger charge is -2.17. The van der Waals surface area contributed by atoms with Crippen molar-refractivity contribution < 1.29 is 4.79 Å². The van der Waals surface area contributed by atoms with Crippen molar-refractivity contribution in [1.29, 1.82) is 0 Å². The first-order valence-corrected chi connectivity index (χ1v) is 7.98. The molecule has 1 aliphatic rings. The fraction of sp³-hybridized carbons (Fsp3) is 0.412. The van der Waals surface area contributed by atoms with E-state index in [1.165, 1.54) is 0 Å². The van der Waals surface area contributed by atoms with Crippen LogP contribution in [0.5, 0.6) is 0 Å². The first-order valence-electron chi connectivity index (χ1n) is 7.98.